The quantitative estimate of drug-likeness (QED) is 0.291. The first-order valence-electron chi connectivity index (χ1n) is 8.58. The highest BCUT2D eigenvalue weighted by Gasteiger charge is 2.15. The number of fused-ring (bicyclic) bond motifs is 1. The number of ether oxygens (including phenoxy) is 1. The van der Waals surface area contributed by atoms with E-state index in [2.05, 4.69) is 15.9 Å². The maximum atomic E-state index is 13.0. The van der Waals surface area contributed by atoms with Crippen LogP contribution in [0.15, 0.2) is 73.7 Å². The summed E-state index contributed by atoms with van der Waals surface area (Å²) in [5, 5.41) is 2.36. The summed E-state index contributed by atoms with van der Waals surface area (Å²) in [7, 11) is 0. The van der Waals surface area contributed by atoms with Crippen molar-refractivity contribution in [2.75, 3.05) is 0 Å². The molecule has 28 heavy (non-hydrogen) atoms. The molecule has 0 unspecified atom stereocenters. The van der Waals surface area contributed by atoms with Crippen molar-refractivity contribution in [1.82, 2.24) is 0 Å². The minimum atomic E-state index is -0.354. The van der Waals surface area contributed by atoms with Crippen LogP contribution in [0.4, 0.5) is 0 Å². The summed E-state index contributed by atoms with van der Waals surface area (Å²) >= 11 is 4.90. The van der Waals surface area contributed by atoms with Gasteiger partial charge in [0.2, 0.25) is 5.43 Å². The fourth-order valence-corrected chi connectivity index (χ4v) is 3.98. The summed E-state index contributed by atoms with van der Waals surface area (Å²) in [4.78, 5) is 26.0. The van der Waals surface area contributed by atoms with Crippen molar-refractivity contribution >= 4 is 44.2 Å². The average Bonchev–Trinajstić information content (AvgIpc) is 3.16. The third-order valence-electron chi connectivity index (χ3n) is 4.30. The van der Waals surface area contributed by atoms with Crippen molar-refractivity contribution < 1.29 is 13.9 Å². The van der Waals surface area contributed by atoms with Gasteiger partial charge in [-0.25, -0.2) is 0 Å². The predicted octanol–water partition coefficient (Wildman–Crippen LogP) is 5.74. The molecular weight excluding hydrogens is 440 g/mol. The van der Waals surface area contributed by atoms with E-state index in [-0.39, 0.29) is 17.8 Å². The summed E-state index contributed by atoms with van der Waals surface area (Å²) in [6.45, 7) is 1.76. The number of benzene rings is 2. The number of thiophene rings is 1. The molecule has 0 saturated carbocycles. The van der Waals surface area contributed by atoms with Gasteiger partial charge in [0.25, 0.3) is 0 Å². The molecule has 2 aromatic carbocycles. The van der Waals surface area contributed by atoms with E-state index in [1.807, 2.05) is 41.8 Å². The van der Waals surface area contributed by atoms with Gasteiger partial charge in [-0.2, -0.15) is 0 Å². The highest BCUT2D eigenvalue weighted by Crippen LogP contribution is 2.27. The van der Waals surface area contributed by atoms with Crippen LogP contribution in [-0.4, -0.2) is 5.97 Å². The Morgan fingerprint density at radius 1 is 1.14 bits per heavy atom. The molecule has 6 heteroatoms. The van der Waals surface area contributed by atoms with Gasteiger partial charge in [0.05, 0.1) is 17.4 Å². The Morgan fingerprint density at radius 3 is 2.64 bits per heavy atom. The second kappa shape index (κ2) is 7.73. The van der Waals surface area contributed by atoms with Crippen LogP contribution in [0.3, 0.4) is 0 Å². The van der Waals surface area contributed by atoms with Crippen molar-refractivity contribution in [3.63, 3.8) is 0 Å². The molecule has 0 radical (unpaired) electrons. The number of hydrogen-bond donors (Lipinski definition) is 0. The fraction of sp³-hybridized carbons (Fsp3) is 0.0909. The molecule has 0 fully saturated rings. The zero-order valence-corrected chi connectivity index (χ0v) is 17.3. The Labute approximate surface area is 173 Å². The molecule has 0 aliphatic rings. The number of halogens is 1. The van der Waals surface area contributed by atoms with E-state index in [0.29, 0.717) is 28.0 Å². The van der Waals surface area contributed by atoms with Crippen molar-refractivity contribution in [2.24, 2.45) is 0 Å². The number of rotatable bonds is 4. The number of carbonyl (C=O) groups excluding carboxylic acids is 1. The molecule has 2 heterocycles. The second-order valence-corrected chi connectivity index (χ2v) is 8.21. The van der Waals surface area contributed by atoms with Gasteiger partial charge >= 0.3 is 5.97 Å². The molecule has 0 amide bonds. The smallest absolute Gasteiger partial charge is 0.316 e. The summed E-state index contributed by atoms with van der Waals surface area (Å²) in [5.74, 6) is 0.516. The minimum absolute atomic E-state index is 0.113. The third-order valence-corrected chi connectivity index (χ3v) is 5.71. The Morgan fingerprint density at radius 2 is 1.93 bits per heavy atom. The van der Waals surface area contributed by atoms with Gasteiger partial charge in [-0.1, -0.05) is 34.1 Å². The molecule has 2 aromatic heterocycles. The van der Waals surface area contributed by atoms with Crippen LogP contribution in [0.5, 0.6) is 5.75 Å². The molecule has 0 saturated heterocycles. The molecule has 140 valence electrons. The first kappa shape index (κ1) is 18.7. The summed E-state index contributed by atoms with van der Waals surface area (Å²) in [6, 6.07) is 16.1. The fourth-order valence-electron chi connectivity index (χ4n) is 3.02. The van der Waals surface area contributed by atoms with Crippen molar-refractivity contribution in [3.05, 3.63) is 85.3 Å². The Bertz CT molecular complexity index is 1210. The highest BCUT2D eigenvalue weighted by molar-refractivity contribution is 9.10. The molecule has 0 aliphatic heterocycles. The lowest BCUT2D eigenvalue weighted by atomic mass is 10.0. The van der Waals surface area contributed by atoms with Crippen LogP contribution in [0.25, 0.3) is 22.1 Å². The Kier molecular flexibility index (Phi) is 5.15. The lowest BCUT2D eigenvalue weighted by Gasteiger charge is -2.09. The molecule has 0 spiro atoms. The molecule has 4 nitrogen and oxygen atoms in total. The van der Waals surface area contributed by atoms with Gasteiger partial charge in [0.1, 0.15) is 17.1 Å². The van der Waals surface area contributed by atoms with E-state index in [4.69, 9.17) is 9.15 Å². The highest BCUT2D eigenvalue weighted by atomic mass is 79.9. The molecule has 0 aliphatic carbocycles. The number of hydrogen-bond acceptors (Lipinski definition) is 5. The van der Waals surface area contributed by atoms with E-state index in [0.717, 1.165) is 14.9 Å². The summed E-state index contributed by atoms with van der Waals surface area (Å²) in [6.07, 6.45) is 0.210. The van der Waals surface area contributed by atoms with E-state index < -0.39 is 0 Å². The first-order chi connectivity index (χ1) is 13.5. The Hall–Kier alpha value is -2.70. The Balaban J connectivity index is 1.67. The van der Waals surface area contributed by atoms with Gasteiger partial charge in [-0.15, -0.1) is 11.3 Å². The molecule has 0 bridgehead atoms. The normalized spacial score (nSPS) is 10.9. The van der Waals surface area contributed by atoms with E-state index in [1.54, 1.807) is 25.1 Å². The van der Waals surface area contributed by atoms with Crippen LogP contribution in [0.1, 0.15) is 10.6 Å². The minimum Gasteiger partial charge on any atom is -0.460 e. The molecular formula is C22H15BrO4S. The number of carbonyl (C=O) groups is 1. The van der Waals surface area contributed by atoms with Gasteiger partial charge in [0.15, 0.2) is 0 Å². The monoisotopic (exact) mass is 454 g/mol. The SMILES string of the molecule is Cc1oc2cc(OC(=O)Cc3cccs3)ccc2c(=O)c1-c1ccc(Br)cc1. The number of aryl methyl sites for hydroxylation is 1. The lowest BCUT2D eigenvalue weighted by molar-refractivity contribution is -0.133. The molecule has 0 atom stereocenters. The maximum Gasteiger partial charge on any atom is 0.316 e. The first-order valence-corrected chi connectivity index (χ1v) is 10.2. The van der Waals surface area contributed by atoms with Crippen molar-refractivity contribution in [1.29, 1.82) is 0 Å². The van der Waals surface area contributed by atoms with E-state index >= 15 is 0 Å². The topological polar surface area (TPSA) is 56.5 Å². The third kappa shape index (κ3) is 3.79. The van der Waals surface area contributed by atoms with Crippen LogP contribution in [0, 0.1) is 6.92 Å². The molecule has 4 aromatic rings. The molecule has 4 rings (SSSR count). The van der Waals surface area contributed by atoms with Crippen molar-refractivity contribution in [2.45, 2.75) is 13.3 Å². The largest absolute Gasteiger partial charge is 0.460 e. The van der Waals surface area contributed by atoms with Crippen LogP contribution >= 0.6 is 27.3 Å². The maximum absolute atomic E-state index is 13.0. The van der Waals surface area contributed by atoms with Crippen LogP contribution in [-0.2, 0) is 11.2 Å². The summed E-state index contributed by atoms with van der Waals surface area (Å²) < 4.78 is 12.2. The zero-order chi connectivity index (χ0) is 19.7. The van der Waals surface area contributed by atoms with Crippen LogP contribution < -0.4 is 10.2 Å². The van der Waals surface area contributed by atoms with E-state index in [1.165, 1.54) is 11.3 Å². The second-order valence-electron chi connectivity index (χ2n) is 6.26. The lowest BCUT2D eigenvalue weighted by Crippen LogP contribution is -2.11. The molecule has 0 N–H and O–H groups in total. The number of esters is 1. The predicted molar refractivity (Wildman–Crippen MR) is 114 cm³/mol. The zero-order valence-electron chi connectivity index (χ0n) is 14.9. The van der Waals surface area contributed by atoms with Gasteiger partial charge in [-0.05, 0) is 48.2 Å². The van der Waals surface area contributed by atoms with Gasteiger partial charge in [-0.3, -0.25) is 9.59 Å². The standard InChI is InChI=1S/C22H15BrO4S/c1-13-21(14-4-6-15(23)7-5-14)22(25)18-9-8-16(11-19(18)26-13)27-20(24)12-17-3-2-10-28-17/h2-11H,12H2,1H3. The van der Waals surface area contributed by atoms with Gasteiger partial charge in [0, 0.05) is 15.4 Å². The van der Waals surface area contributed by atoms with E-state index in [9.17, 15) is 9.59 Å². The average molecular weight is 455 g/mol. The summed E-state index contributed by atoms with van der Waals surface area (Å²) in [5.41, 5.74) is 1.60. The van der Waals surface area contributed by atoms with Crippen LogP contribution in [0.2, 0.25) is 0 Å². The van der Waals surface area contributed by atoms with Gasteiger partial charge < -0.3 is 9.15 Å². The van der Waals surface area contributed by atoms with Crippen molar-refractivity contribution in [3.8, 4) is 16.9 Å².